The van der Waals surface area contributed by atoms with E-state index in [9.17, 15) is 43.2 Å². The molecule has 17 nitrogen and oxygen atoms in total. The molecule has 3 N–H and O–H groups in total. The van der Waals surface area contributed by atoms with E-state index >= 15 is 0 Å². The van der Waals surface area contributed by atoms with Gasteiger partial charge < -0.3 is 33.8 Å². The van der Waals surface area contributed by atoms with Gasteiger partial charge in [-0.2, -0.15) is 0 Å². The molecule has 570 valence electrons. The average Bonchev–Trinajstić information content (AvgIpc) is 0.985. The summed E-state index contributed by atoms with van der Waals surface area (Å²) < 4.78 is 68.4. The summed E-state index contributed by atoms with van der Waals surface area (Å²) in [5, 5.41) is 10.6. The van der Waals surface area contributed by atoms with Crippen LogP contribution < -0.4 is 0 Å². The number of allylic oxidation sites excluding steroid dienone is 24. The molecule has 0 fully saturated rings. The van der Waals surface area contributed by atoms with Crippen LogP contribution in [0.5, 0.6) is 0 Å². The minimum atomic E-state index is -4.99. The minimum absolute atomic E-state index is 0.0628. The molecule has 0 rings (SSSR count). The molecule has 0 aliphatic carbocycles. The predicted octanol–water partition coefficient (Wildman–Crippen LogP) is 21.9. The Morgan fingerprint density at radius 1 is 0.290 bits per heavy atom. The zero-order chi connectivity index (χ0) is 73.2. The molecule has 0 aliphatic rings. The largest absolute Gasteiger partial charge is 0.472 e. The molecule has 0 amide bonds. The van der Waals surface area contributed by atoms with E-state index in [0.717, 1.165) is 167 Å². The topological polar surface area (TPSA) is 237 Å². The number of carbonyl (C=O) groups is 4. The van der Waals surface area contributed by atoms with Crippen molar-refractivity contribution < 1.29 is 80.2 Å². The Bertz CT molecular complexity index is 2470. The van der Waals surface area contributed by atoms with Crippen LogP contribution in [0.4, 0.5) is 0 Å². The van der Waals surface area contributed by atoms with Gasteiger partial charge in [0, 0.05) is 25.7 Å². The number of esters is 4. The van der Waals surface area contributed by atoms with E-state index in [1.807, 2.05) is 0 Å². The van der Waals surface area contributed by atoms with E-state index < -0.39 is 97.5 Å². The number of phosphoric ester groups is 2. The van der Waals surface area contributed by atoms with Gasteiger partial charge >= 0.3 is 39.5 Å². The van der Waals surface area contributed by atoms with E-state index in [1.165, 1.54) is 38.5 Å². The van der Waals surface area contributed by atoms with Crippen LogP contribution in [0.1, 0.15) is 285 Å². The standard InChI is InChI=1S/C81H134O17P2/c1-5-9-13-17-21-25-29-32-35-36-37-38-41-43-47-50-54-58-62-66-79(84)92-72-77(98-81(86)68-64-60-56-52-48-44-40-34-31-27-23-19-15-11-7-3)74-96-100(89,90)94-70-75(82)69-93-99(87,88)95-73-76(97-80(85)67-63-59-55-51-45-28-24-20-16-12-8-4)71-91-78(83)65-61-57-53-49-46-42-39-33-30-26-22-18-14-10-6-2/h9-11,13-15,21-23,25-27,32-35,37-40,43,46-47,49,75-77,82H,5-8,12,16-20,24,28-31,36,41-42,44-45,48,50-74H2,1-4H3,(H,87,88)(H,89,90)/b13-9-,14-10-,15-11-,25-21-,26-22-,27-23-,35-32-,38-37-,39-33-,40-34-,47-43-,49-46-. The molecule has 0 radical (unpaired) electrons. The minimum Gasteiger partial charge on any atom is -0.462 e. The van der Waals surface area contributed by atoms with Crippen LogP contribution in [0.2, 0.25) is 0 Å². The molecule has 0 aliphatic heterocycles. The van der Waals surface area contributed by atoms with Gasteiger partial charge in [0.05, 0.1) is 26.4 Å². The molecule has 19 heteroatoms. The van der Waals surface area contributed by atoms with Gasteiger partial charge in [-0.1, -0.05) is 263 Å². The molecule has 0 aromatic rings. The zero-order valence-corrected chi connectivity index (χ0v) is 63.9. The number of ether oxygens (including phenoxy) is 4. The summed E-state index contributed by atoms with van der Waals surface area (Å²) in [5.74, 6) is -2.28. The Morgan fingerprint density at radius 2 is 0.520 bits per heavy atom. The third kappa shape index (κ3) is 71.3. The molecule has 0 saturated carbocycles. The first-order valence-electron chi connectivity index (χ1n) is 38.1. The fourth-order valence-electron chi connectivity index (χ4n) is 9.60. The number of phosphoric acid groups is 2. The van der Waals surface area contributed by atoms with Gasteiger partial charge in [-0.05, 0) is 141 Å². The molecule has 100 heavy (non-hydrogen) atoms. The Labute approximate surface area is 605 Å². The van der Waals surface area contributed by atoms with Gasteiger partial charge in [-0.25, -0.2) is 9.13 Å². The van der Waals surface area contributed by atoms with Crippen molar-refractivity contribution in [2.45, 2.75) is 303 Å². The summed E-state index contributed by atoms with van der Waals surface area (Å²) in [5.41, 5.74) is 0. The lowest BCUT2D eigenvalue weighted by molar-refractivity contribution is -0.161. The third-order valence-corrected chi connectivity index (χ3v) is 17.2. The number of aliphatic hydroxyl groups excluding tert-OH is 1. The molecule has 0 aromatic carbocycles. The maximum atomic E-state index is 13.1. The lowest BCUT2D eigenvalue weighted by Crippen LogP contribution is -2.30. The molecule has 0 saturated heterocycles. The molecule has 5 unspecified atom stereocenters. The van der Waals surface area contributed by atoms with E-state index in [2.05, 4.69) is 174 Å². The van der Waals surface area contributed by atoms with Crippen LogP contribution in [0.15, 0.2) is 146 Å². The number of hydrogen-bond acceptors (Lipinski definition) is 15. The maximum Gasteiger partial charge on any atom is 0.472 e. The molecule has 0 bridgehead atoms. The van der Waals surface area contributed by atoms with Crippen LogP contribution in [0.25, 0.3) is 0 Å². The molecule has 0 aromatic heterocycles. The summed E-state index contributed by atoms with van der Waals surface area (Å²) in [6.07, 6.45) is 81.3. The highest BCUT2D eigenvalue weighted by Crippen LogP contribution is 2.45. The first-order valence-corrected chi connectivity index (χ1v) is 41.1. The number of rotatable bonds is 70. The van der Waals surface area contributed by atoms with Crippen LogP contribution in [-0.2, 0) is 65.4 Å². The van der Waals surface area contributed by atoms with Crippen LogP contribution in [0.3, 0.4) is 0 Å². The van der Waals surface area contributed by atoms with Crippen molar-refractivity contribution in [3.05, 3.63) is 146 Å². The fraction of sp³-hybridized carbons (Fsp3) is 0.654. The smallest absolute Gasteiger partial charge is 0.462 e. The second-order valence-electron chi connectivity index (χ2n) is 24.8. The monoisotopic (exact) mass is 1440 g/mol. The first-order chi connectivity index (χ1) is 48.7. The van der Waals surface area contributed by atoms with Gasteiger partial charge in [0.15, 0.2) is 12.2 Å². The number of carbonyl (C=O) groups excluding carboxylic acids is 4. The van der Waals surface area contributed by atoms with Crippen LogP contribution in [0, 0.1) is 0 Å². The van der Waals surface area contributed by atoms with Gasteiger partial charge in [0.25, 0.3) is 0 Å². The highest BCUT2D eigenvalue weighted by molar-refractivity contribution is 7.47. The van der Waals surface area contributed by atoms with E-state index in [4.69, 9.17) is 37.0 Å². The summed E-state index contributed by atoms with van der Waals surface area (Å²) in [6, 6.07) is 0. The van der Waals surface area contributed by atoms with Crippen LogP contribution >= 0.6 is 15.6 Å². The molecule has 0 spiro atoms. The molecule has 0 heterocycles. The predicted molar refractivity (Wildman–Crippen MR) is 408 cm³/mol. The van der Waals surface area contributed by atoms with E-state index in [0.29, 0.717) is 25.7 Å². The SMILES string of the molecule is CC/C=C\C/C=C\C/C=C\C/C=C\C/C=C\CCCCCC(=O)OCC(COP(=O)(O)OCC(O)COP(=O)(O)OCC(COC(=O)CCCC/C=C\C/C=C\C/C=C\C/C=C\CC)OC(=O)CCCCCCCCCCCCC)OC(=O)CCCCCCC/C=C\C/C=C\C/C=C\CC. The van der Waals surface area contributed by atoms with Gasteiger partial charge in [0.1, 0.15) is 19.3 Å². The summed E-state index contributed by atoms with van der Waals surface area (Å²) in [4.78, 5) is 72.8. The number of hydrogen-bond donors (Lipinski definition) is 3. The van der Waals surface area contributed by atoms with E-state index in [1.54, 1.807) is 0 Å². The molecule has 5 atom stereocenters. The van der Waals surface area contributed by atoms with Crippen molar-refractivity contribution in [3.8, 4) is 0 Å². The Kier molecular flexibility index (Phi) is 68.6. The van der Waals surface area contributed by atoms with Crippen molar-refractivity contribution in [1.29, 1.82) is 0 Å². The van der Waals surface area contributed by atoms with Crippen molar-refractivity contribution in [2.24, 2.45) is 0 Å². The van der Waals surface area contributed by atoms with Crippen molar-refractivity contribution in [3.63, 3.8) is 0 Å². The second kappa shape index (κ2) is 72.3. The van der Waals surface area contributed by atoms with Crippen LogP contribution in [-0.4, -0.2) is 96.7 Å². The second-order valence-corrected chi connectivity index (χ2v) is 27.7. The summed E-state index contributed by atoms with van der Waals surface area (Å²) >= 11 is 0. The fourth-order valence-corrected chi connectivity index (χ4v) is 11.2. The van der Waals surface area contributed by atoms with Gasteiger partial charge in [-0.3, -0.25) is 37.3 Å². The Balaban J connectivity index is 5.41. The van der Waals surface area contributed by atoms with Crippen molar-refractivity contribution >= 4 is 39.5 Å². The maximum absolute atomic E-state index is 13.1. The summed E-state index contributed by atoms with van der Waals surface area (Å²) in [7, 11) is -9.98. The first kappa shape index (κ1) is 94.9. The normalized spacial score (nSPS) is 14.8. The quantitative estimate of drug-likeness (QED) is 0.0169. The summed E-state index contributed by atoms with van der Waals surface area (Å²) in [6.45, 7) is 4.41. The lowest BCUT2D eigenvalue weighted by atomic mass is 10.1. The Morgan fingerprint density at radius 3 is 0.830 bits per heavy atom. The Hall–Kier alpha value is -5.06. The zero-order valence-electron chi connectivity index (χ0n) is 62.1. The molecular weight excluding hydrogens is 1310 g/mol. The van der Waals surface area contributed by atoms with Gasteiger partial charge in [-0.15, -0.1) is 0 Å². The average molecular weight is 1440 g/mol. The number of unbranched alkanes of at least 4 members (excludes halogenated alkanes) is 20. The molecular formula is C81H134O17P2. The number of aliphatic hydroxyl groups is 1. The highest BCUT2D eigenvalue weighted by atomic mass is 31.2. The third-order valence-electron chi connectivity index (χ3n) is 15.3. The highest BCUT2D eigenvalue weighted by Gasteiger charge is 2.30. The van der Waals surface area contributed by atoms with Crippen molar-refractivity contribution in [2.75, 3.05) is 39.6 Å². The van der Waals surface area contributed by atoms with E-state index in [-0.39, 0.29) is 25.7 Å². The van der Waals surface area contributed by atoms with Crippen molar-refractivity contribution in [1.82, 2.24) is 0 Å². The van der Waals surface area contributed by atoms with Gasteiger partial charge in [0.2, 0.25) is 0 Å². The lowest BCUT2D eigenvalue weighted by Gasteiger charge is -2.21.